The molecule has 82 valence electrons. The minimum Gasteiger partial charge on any atom is -0.299 e. The zero-order chi connectivity index (χ0) is 10.6. The van der Waals surface area contributed by atoms with E-state index in [-0.39, 0.29) is 0 Å². The molecule has 1 nitrogen and oxygen atoms in total. The van der Waals surface area contributed by atoms with Gasteiger partial charge in [-0.2, -0.15) is 0 Å². The molecular formula is C13H24O. The van der Waals surface area contributed by atoms with Crippen LogP contribution < -0.4 is 0 Å². The number of hydrogen-bond acceptors (Lipinski definition) is 1. The van der Waals surface area contributed by atoms with E-state index in [0.29, 0.717) is 17.1 Å². The Hall–Kier alpha value is -0.330. The monoisotopic (exact) mass is 196 g/mol. The third-order valence-corrected chi connectivity index (χ3v) is 3.17. The van der Waals surface area contributed by atoms with E-state index in [4.69, 9.17) is 0 Å². The second-order valence-corrected chi connectivity index (χ2v) is 5.86. The summed E-state index contributed by atoms with van der Waals surface area (Å²) in [7, 11) is 0. The molecule has 1 rings (SSSR count). The van der Waals surface area contributed by atoms with Gasteiger partial charge in [-0.1, -0.05) is 33.6 Å². The van der Waals surface area contributed by atoms with Gasteiger partial charge in [-0.15, -0.1) is 0 Å². The lowest BCUT2D eigenvalue weighted by Gasteiger charge is -2.21. The molecule has 1 unspecified atom stereocenters. The van der Waals surface area contributed by atoms with Gasteiger partial charge in [0, 0.05) is 12.3 Å². The predicted octanol–water partition coefficient (Wildman–Crippen LogP) is 3.96. The third kappa shape index (κ3) is 4.26. The summed E-state index contributed by atoms with van der Waals surface area (Å²) in [6.45, 7) is 6.77. The molecule has 1 fully saturated rings. The van der Waals surface area contributed by atoms with Gasteiger partial charge >= 0.3 is 0 Å². The molecule has 0 aliphatic heterocycles. The molecular weight excluding hydrogens is 172 g/mol. The SMILES string of the molecule is CC(C)(C)CCC1CCCCCC1=O. The van der Waals surface area contributed by atoms with Crippen molar-refractivity contribution in [3.63, 3.8) is 0 Å². The summed E-state index contributed by atoms with van der Waals surface area (Å²) in [5.41, 5.74) is 0.382. The van der Waals surface area contributed by atoms with Crippen molar-refractivity contribution in [2.75, 3.05) is 0 Å². The van der Waals surface area contributed by atoms with Crippen LogP contribution in [0.15, 0.2) is 0 Å². The van der Waals surface area contributed by atoms with Gasteiger partial charge in [0.2, 0.25) is 0 Å². The average molecular weight is 196 g/mol. The van der Waals surface area contributed by atoms with Crippen molar-refractivity contribution >= 4 is 5.78 Å². The molecule has 0 aromatic heterocycles. The molecule has 1 aliphatic carbocycles. The smallest absolute Gasteiger partial charge is 0.135 e. The number of hydrogen-bond donors (Lipinski definition) is 0. The first-order valence-electron chi connectivity index (χ1n) is 6.02. The lowest BCUT2D eigenvalue weighted by Crippen LogP contribution is -2.16. The van der Waals surface area contributed by atoms with Crippen LogP contribution in [0, 0.1) is 11.3 Å². The van der Waals surface area contributed by atoms with E-state index in [2.05, 4.69) is 20.8 Å². The summed E-state index contributed by atoms with van der Waals surface area (Å²) in [6, 6.07) is 0. The third-order valence-electron chi connectivity index (χ3n) is 3.17. The first-order valence-corrected chi connectivity index (χ1v) is 6.02. The molecule has 0 saturated heterocycles. The van der Waals surface area contributed by atoms with Crippen molar-refractivity contribution in [3.05, 3.63) is 0 Å². The van der Waals surface area contributed by atoms with Crippen LogP contribution in [0.3, 0.4) is 0 Å². The molecule has 0 heterocycles. The van der Waals surface area contributed by atoms with Crippen LogP contribution in [0.4, 0.5) is 0 Å². The van der Waals surface area contributed by atoms with Gasteiger partial charge in [-0.05, 0) is 31.1 Å². The summed E-state index contributed by atoms with van der Waals surface area (Å²) in [5.74, 6) is 0.920. The van der Waals surface area contributed by atoms with Gasteiger partial charge < -0.3 is 0 Å². The van der Waals surface area contributed by atoms with E-state index >= 15 is 0 Å². The van der Waals surface area contributed by atoms with Crippen molar-refractivity contribution < 1.29 is 4.79 Å². The molecule has 0 N–H and O–H groups in total. The first kappa shape index (κ1) is 11.7. The van der Waals surface area contributed by atoms with Gasteiger partial charge in [-0.25, -0.2) is 0 Å². The maximum atomic E-state index is 11.7. The van der Waals surface area contributed by atoms with E-state index in [1.54, 1.807) is 0 Å². The minimum absolute atomic E-state index is 0.382. The topological polar surface area (TPSA) is 17.1 Å². The highest BCUT2D eigenvalue weighted by atomic mass is 16.1. The van der Waals surface area contributed by atoms with Crippen molar-refractivity contribution in [1.29, 1.82) is 0 Å². The van der Waals surface area contributed by atoms with Gasteiger partial charge in [0.1, 0.15) is 5.78 Å². The summed E-state index contributed by atoms with van der Waals surface area (Å²) in [5, 5.41) is 0. The van der Waals surface area contributed by atoms with Crippen molar-refractivity contribution in [2.24, 2.45) is 11.3 Å². The largest absolute Gasteiger partial charge is 0.299 e. The molecule has 1 saturated carbocycles. The van der Waals surface area contributed by atoms with E-state index in [1.165, 1.54) is 19.3 Å². The predicted molar refractivity (Wildman–Crippen MR) is 60.3 cm³/mol. The highest BCUT2D eigenvalue weighted by Crippen LogP contribution is 2.29. The summed E-state index contributed by atoms with van der Waals surface area (Å²) in [4.78, 5) is 11.7. The van der Waals surface area contributed by atoms with Crippen molar-refractivity contribution in [3.8, 4) is 0 Å². The molecule has 0 aromatic rings. The number of rotatable bonds is 2. The Labute approximate surface area is 88.3 Å². The van der Waals surface area contributed by atoms with Gasteiger partial charge in [0.15, 0.2) is 0 Å². The van der Waals surface area contributed by atoms with Crippen LogP contribution in [0.2, 0.25) is 0 Å². The molecule has 1 heteroatoms. The zero-order valence-corrected chi connectivity index (χ0v) is 9.94. The van der Waals surface area contributed by atoms with Crippen LogP contribution >= 0.6 is 0 Å². The van der Waals surface area contributed by atoms with Crippen LogP contribution in [-0.2, 0) is 4.79 Å². The van der Waals surface area contributed by atoms with E-state index < -0.39 is 0 Å². The maximum absolute atomic E-state index is 11.7. The number of carbonyl (C=O) groups excluding carboxylic acids is 1. The molecule has 1 atom stereocenters. The lowest BCUT2D eigenvalue weighted by atomic mass is 9.84. The molecule has 0 spiro atoms. The number of ketones is 1. The highest BCUT2D eigenvalue weighted by Gasteiger charge is 2.22. The molecule has 0 aromatic carbocycles. The molecule has 0 bridgehead atoms. The number of carbonyl (C=O) groups is 1. The Bertz CT molecular complexity index is 188. The zero-order valence-electron chi connectivity index (χ0n) is 9.94. The molecule has 14 heavy (non-hydrogen) atoms. The molecule has 0 amide bonds. The van der Waals surface area contributed by atoms with E-state index in [9.17, 15) is 4.79 Å². The Morgan fingerprint density at radius 2 is 1.93 bits per heavy atom. The van der Waals surface area contributed by atoms with Crippen molar-refractivity contribution in [1.82, 2.24) is 0 Å². The Kier molecular flexibility index (Phi) is 4.15. The minimum atomic E-state index is 0.382. The standard InChI is InChI=1S/C13H24O/c1-13(2,3)10-9-11-7-5-4-6-8-12(11)14/h11H,4-10H2,1-3H3. The van der Waals surface area contributed by atoms with Crippen LogP contribution in [0.1, 0.15) is 65.7 Å². The highest BCUT2D eigenvalue weighted by molar-refractivity contribution is 5.81. The van der Waals surface area contributed by atoms with Crippen molar-refractivity contribution in [2.45, 2.75) is 65.7 Å². The summed E-state index contributed by atoms with van der Waals surface area (Å²) in [6.07, 6.45) is 7.94. The fourth-order valence-corrected chi connectivity index (χ4v) is 2.14. The quantitative estimate of drug-likeness (QED) is 0.611. The first-order chi connectivity index (χ1) is 6.49. The fourth-order valence-electron chi connectivity index (χ4n) is 2.14. The van der Waals surface area contributed by atoms with Crippen LogP contribution in [0.5, 0.6) is 0 Å². The Morgan fingerprint density at radius 3 is 2.57 bits per heavy atom. The van der Waals surface area contributed by atoms with Gasteiger partial charge in [0.05, 0.1) is 0 Å². The Balaban J connectivity index is 2.37. The second kappa shape index (κ2) is 4.95. The second-order valence-electron chi connectivity index (χ2n) is 5.86. The summed E-state index contributed by atoms with van der Waals surface area (Å²) < 4.78 is 0. The number of Topliss-reactive ketones (excluding diaryl/α,β-unsaturated/α-hetero) is 1. The fraction of sp³-hybridized carbons (Fsp3) is 0.923. The van der Waals surface area contributed by atoms with E-state index in [1.807, 2.05) is 0 Å². The lowest BCUT2D eigenvalue weighted by molar-refractivity contribution is -0.123. The van der Waals surface area contributed by atoms with Gasteiger partial charge in [-0.3, -0.25) is 4.79 Å². The molecule has 0 radical (unpaired) electrons. The van der Waals surface area contributed by atoms with Crippen LogP contribution in [0.25, 0.3) is 0 Å². The van der Waals surface area contributed by atoms with E-state index in [0.717, 1.165) is 25.7 Å². The van der Waals surface area contributed by atoms with Gasteiger partial charge in [0.25, 0.3) is 0 Å². The Morgan fingerprint density at radius 1 is 1.21 bits per heavy atom. The van der Waals surface area contributed by atoms with Crippen LogP contribution in [-0.4, -0.2) is 5.78 Å². The average Bonchev–Trinajstić information content (AvgIpc) is 2.25. The summed E-state index contributed by atoms with van der Waals surface area (Å²) >= 11 is 0. The molecule has 1 aliphatic rings. The maximum Gasteiger partial charge on any atom is 0.135 e. The normalized spacial score (nSPS) is 24.8.